The Balaban J connectivity index is 2.09. The van der Waals surface area contributed by atoms with E-state index in [1.165, 1.54) is 29.7 Å². The number of nitrogens with two attached hydrogens (primary N) is 1. The summed E-state index contributed by atoms with van der Waals surface area (Å²) in [6, 6.07) is 6.49. The van der Waals surface area contributed by atoms with Crippen molar-refractivity contribution in [3.63, 3.8) is 0 Å². The highest BCUT2D eigenvalue weighted by Gasteiger charge is 2.17. The normalized spacial score (nSPS) is 19.7. The van der Waals surface area contributed by atoms with Gasteiger partial charge in [0.15, 0.2) is 5.96 Å². The Morgan fingerprint density at radius 3 is 2.86 bits per heavy atom. The predicted molar refractivity (Wildman–Crippen MR) is 90.8 cm³/mol. The smallest absolute Gasteiger partial charge is 0.191 e. The number of likely N-dealkylation sites (tertiary alicyclic amines) is 1. The highest BCUT2D eigenvalue weighted by molar-refractivity contribution is 5.78. The minimum Gasteiger partial charge on any atom is -0.377 e. The van der Waals surface area contributed by atoms with E-state index in [9.17, 15) is 0 Å². The molecule has 1 heterocycles. The van der Waals surface area contributed by atoms with Crippen molar-refractivity contribution in [2.24, 2.45) is 16.6 Å². The molecule has 1 atom stereocenters. The molecule has 21 heavy (non-hydrogen) atoms. The van der Waals surface area contributed by atoms with Gasteiger partial charge in [-0.15, -0.1) is 0 Å². The second-order valence-electron chi connectivity index (χ2n) is 6.39. The van der Waals surface area contributed by atoms with E-state index >= 15 is 0 Å². The van der Waals surface area contributed by atoms with Gasteiger partial charge in [-0.05, 0) is 42.9 Å². The third kappa shape index (κ3) is 4.13. The molecular formula is C17H28N4. The molecule has 4 heteroatoms. The van der Waals surface area contributed by atoms with Gasteiger partial charge in [0.2, 0.25) is 0 Å². The topological polar surface area (TPSA) is 44.9 Å². The van der Waals surface area contributed by atoms with E-state index in [1.807, 2.05) is 0 Å². The van der Waals surface area contributed by atoms with E-state index in [0.29, 0.717) is 18.4 Å². The summed E-state index contributed by atoms with van der Waals surface area (Å²) < 4.78 is 0. The molecule has 1 saturated heterocycles. The van der Waals surface area contributed by atoms with E-state index in [0.717, 1.165) is 13.1 Å². The van der Waals surface area contributed by atoms with Gasteiger partial charge in [0.05, 0.1) is 6.54 Å². The molecule has 0 aliphatic carbocycles. The van der Waals surface area contributed by atoms with Gasteiger partial charge < -0.3 is 15.5 Å². The van der Waals surface area contributed by atoms with E-state index in [1.54, 1.807) is 0 Å². The maximum absolute atomic E-state index is 6.18. The summed E-state index contributed by atoms with van der Waals surface area (Å²) in [6.07, 6.45) is 2.51. The Hall–Kier alpha value is -1.71. The first-order valence-corrected chi connectivity index (χ1v) is 7.79. The Labute approximate surface area is 128 Å². The molecule has 0 saturated carbocycles. The average molecular weight is 288 g/mol. The number of hydrogen-bond acceptors (Lipinski definition) is 2. The molecule has 2 N–H and O–H groups in total. The average Bonchev–Trinajstić information content (AvgIpc) is 2.45. The fourth-order valence-electron chi connectivity index (χ4n) is 2.89. The number of piperidine rings is 1. The van der Waals surface area contributed by atoms with Crippen LogP contribution in [0.3, 0.4) is 0 Å². The number of aliphatic imine (C=N–C) groups is 1. The fourth-order valence-corrected chi connectivity index (χ4v) is 2.89. The maximum Gasteiger partial charge on any atom is 0.191 e. The van der Waals surface area contributed by atoms with Crippen molar-refractivity contribution in [3.8, 4) is 0 Å². The van der Waals surface area contributed by atoms with Crippen LogP contribution in [0.2, 0.25) is 0 Å². The minimum absolute atomic E-state index is 0.643. The third-order valence-corrected chi connectivity index (χ3v) is 4.12. The summed E-state index contributed by atoms with van der Waals surface area (Å²) >= 11 is 0. The van der Waals surface area contributed by atoms with Gasteiger partial charge in [-0.1, -0.05) is 19.1 Å². The van der Waals surface area contributed by atoms with Crippen molar-refractivity contribution in [1.29, 1.82) is 0 Å². The van der Waals surface area contributed by atoms with Gasteiger partial charge in [-0.25, -0.2) is 4.99 Å². The van der Waals surface area contributed by atoms with Gasteiger partial charge >= 0.3 is 0 Å². The minimum atomic E-state index is 0.643. The molecule has 116 valence electrons. The third-order valence-electron chi connectivity index (χ3n) is 4.12. The molecule has 0 aromatic heterocycles. The summed E-state index contributed by atoms with van der Waals surface area (Å²) in [5.41, 5.74) is 9.89. The lowest BCUT2D eigenvalue weighted by Gasteiger charge is -2.31. The highest BCUT2D eigenvalue weighted by atomic mass is 15.3. The predicted octanol–water partition coefficient (Wildman–Crippen LogP) is 2.61. The van der Waals surface area contributed by atoms with Crippen LogP contribution in [0.25, 0.3) is 0 Å². The number of hydrogen-bond donors (Lipinski definition) is 1. The molecule has 1 unspecified atom stereocenters. The van der Waals surface area contributed by atoms with Crippen molar-refractivity contribution in [3.05, 3.63) is 29.3 Å². The lowest BCUT2D eigenvalue weighted by Crippen LogP contribution is -2.43. The van der Waals surface area contributed by atoms with Crippen LogP contribution in [0, 0.1) is 12.8 Å². The summed E-state index contributed by atoms with van der Waals surface area (Å²) in [7, 11) is 4.13. The first-order valence-electron chi connectivity index (χ1n) is 7.79. The summed E-state index contributed by atoms with van der Waals surface area (Å²) in [4.78, 5) is 8.97. The first kappa shape index (κ1) is 15.7. The van der Waals surface area contributed by atoms with E-state index < -0.39 is 0 Å². The maximum atomic E-state index is 6.18. The molecular weight excluding hydrogens is 260 g/mol. The van der Waals surface area contributed by atoms with Gasteiger partial charge in [-0.3, -0.25) is 0 Å². The van der Waals surface area contributed by atoms with Crippen LogP contribution in [0.4, 0.5) is 5.69 Å². The standard InChI is InChI=1S/C17H28N4/c1-13-7-8-15(16(10-13)20(3)4)11-19-17(18)21-9-5-6-14(2)12-21/h7-8,10,14H,5-6,9,11-12H2,1-4H3,(H2,18,19). The quantitative estimate of drug-likeness (QED) is 0.687. The second kappa shape index (κ2) is 6.83. The van der Waals surface area contributed by atoms with Crippen LogP contribution in [0.15, 0.2) is 23.2 Å². The Morgan fingerprint density at radius 1 is 1.43 bits per heavy atom. The number of guanidine groups is 1. The molecule has 1 aliphatic rings. The summed E-state index contributed by atoms with van der Waals surface area (Å²) in [6.45, 7) is 7.11. The van der Waals surface area contributed by atoms with Crippen LogP contribution in [-0.4, -0.2) is 38.0 Å². The van der Waals surface area contributed by atoms with Crippen LogP contribution >= 0.6 is 0 Å². The molecule has 0 amide bonds. The Bertz CT molecular complexity index is 508. The number of benzene rings is 1. The van der Waals surface area contributed by atoms with Crippen LogP contribution in [0.5, 0.6) is 0 Å². The van der Waals surface area contributed by atoms with Crippen molar-refractivity contribution in [1.82, 2.24) is 4.90 Å². The zero-order valence-electron chi connectivity index (χ0n) is 13.8. The fraction of sp³-hybridized carbons (Fsp3) is 0.588. The molecule has 1 aromatic rings. The molecule has 2 rings (SSSR count). The van der Waals surface area contributed by atoms with Gasteiger partial charge in [0.1, 0.15) is 0 Å². The lowest BCUT2D eigenvalue weighted by molar-refractivity contribution is 0.270. The number of anilines is 1. The molecule has 1 fully saturated rings. The number of aryl methyl sites for hydroxylation is 1. The van der Waals surface area contributed by atoms with Gasteiger partial charge in [-0.2, -0.15) is 0 Å². The SMILES string of the molecule is Cc1ccc(CN=C(N)N2CCCC(C)C2)c(N(C)C)c1. The van der Waals surface area contributed by atoms with Gasteiger partial charge in [0, 0.05) is 32.9 Å². The zero-order chi connectivity index (χ0) is 15.4. The van der Waals surface area contributed by atoms with Crippen molar-refractivity contribution in [2.45, 2.75) is 33.2 Å². The monoisotopic (exact) mass is 288 g/mol. The van der Waals surface area contributed by atoms with Gasteiger partial charge in [0.25, 0.3) is 0 Å². The molecule has 0 spiro atoms. The Morgan fingerprint density at radius 2 is 2.19 bits per heavy atom. The van der Waals surface area contributed by atoms with Crippen LogP contribution < -0.4 is 10.6 Å². The van der Waals surface area contributed by atoms with Crippen molar-refractivity contribution >= 4 is 11.6 Å². The summed E-state index contributed by atoms with van der Waals surface area (Å²) in [5.74, 6) is 1.40. The second-order valence-corrected chi connectivity index (χ2v) is 6.39. The largest absolute Gasteiger partial charge is 0.377 e. The lowest BCUT2D eigenvalue weighted by atomic mass is 10.0. The van der Waals surface area contributed by atoms with Crippen molar-refractivity contribution < 1.29 is 0 Å². The van der Waals surface area contributed by atoms with E-state index in [-0.39, 0.29) is 0 Å². The van der Waals surface area contributed by atoms with Crippen LogP contribution in [0.1, 0.15) is 30.9 Å². The van der Waals surface area contributed by atoms with Crippen LogP contribution in [-0.2, 0) is 6.54 Å². The van der Waals surface area contributed by atoms with E-state index in [4.69, 9.17) is 5.73 Å². The molecule has 1 aromatic carbocycles. The molecule has 4 nitrogen and oxygen atoms in total. The molecule has 0 bridgehead atoms. The number of nitrogens with zero attached hydrogens (tertiary/aromatic N) is 3. The first-order chi connectivity index (χ1) is 9.97. The Kier molecular flexibility index (Phi) is 5.10. The number of rotatable bonds is 3. The molecule has 1 aliphatic heterocycles. The van der Waals surface area contributed by atoms with E-state index in [2.05, 4.69) is 60.9 Å². The van der Waals surface area contributed by atoms with Crippen molar-refractivity contribution in [2.75, 3.05) is 32.1 Å². The summed E-state index contributed by atoms with van der Waals surface area (Å²) in [5, 5.41) is 0. The molecule has 0 radical (unpaired) electrons. The zero-order valence-corrected chi connectivity index (χ0v) is 13.8. The highest BCUT2D eigenvalue weighted by Crippen LogP contribution is 2.21.